The lowest BCUT2D eigenvalue weighted by atomic mass is 10.0. The molecule has 1 aromatic heterocycles. The number of carbonyl (C=O) groups is 1. The molecule has 0 bridgehead atoms. The molecule has 2 rings (SSSR count). The number of aromatic nitrogens is 1. The van der Waals surface area contributed by atoms with E-state index < -0.39 is 10.5 Å². The molecule has 25 heavy (non-hydrogen) atoms. The Kier molecular flexibility index (Phi) is 5.49. The molecule has 8 nitrogen and oxygen atoms in total. The van der Waals surface area contributed by atoms with E-state index in [2.05, 4.69) is 4.98 Å². The van der Waals surface area contributed by atoms with Gasteiger partial charge in [0, 0.05) is 32.2 Å². The minimum absolute atomic E-state index is 0.0249. The summed E-state index contributed by atoms with van der Waals surface area (Å²) in [5.41, 5.74) is -0.0669. The van der Waals surface area contributed by atoms with Gasteiger partial charge in [-0.25, -0.2) is 9.78 Å². The molecule has 8 heteroatoms. The zero-order valence-corrected chi connectivity index (χ0v) is 15.5. The van der Waals surface area contributed by atoms with E-state index in [0.717, 1.165) is 12.8 Å². The van der Waals surface area contributed by atoms with Crippen LogP contribution in [0.2, 0.25) is 0 Å². The van der Waals surface area contributed by atoms with Gasteiger partial charge in [0.2, 0.25) is 0 Å². The van der Waals surface area contributed by atoms with Gasteiger partial charge in [-0.15, -0.1) is 0 Å². The number of rotatable bonds is 3. The number of likely N-dealkylation sites (tertiary alicyclic amines) is 1. The van der Waals surface area contributed by atoms with Crippen LogP contribution in [0.3, 0.4) is 0 Å². The largest absolute Gasteiger partial charge is 0.444 e. The molecular formula is C17H26N4O4. The summed E-state index contributed by atoms with van der Waals surface area (Å²) in [6, 6.07) is 3.39. The fraction of sp³-hybridized carbons (Fsp3) is 0.647. The summed E-state index contributed by atoms with van der Waals surface area (Å²) in [7, 11) is 1.93. The molecule has 0 aliphatic carbocycles. The molecule has 2 heterocycles. The molecule has 0 aromatic carbocycles. The van der Waals surface area contributed by atoms with E-state index in [1.807, 2.05) is 32.7 Å². The van der Waals surface area contributed by atoms with Gasteiger partial charge in [0.1, 0.15) is 17.1 Å². The van der Waals surface area contributed by atoms with Gasteiger partial charge in [0.15, 0.2) is 0 Å². The smallest absolute Gasteiger partial charge is 0.410 e. The highest BCUT2D eigenvalue weighted by atomic mass is 16.6. The molecule has 0 radical (unpaired) electrons. The average Bonchev–Trinajstić information content (AvgIpc) is 2.52. The lowest BCUT2D eigenvalue weighted by molar-refractivity contribution is -0.385. The zero-order chi connectivity index (χ0) is 18.8. The Balaban J connectivity index is 1.97. The highest BCUT2D eigenvalue weighted by Gasteiger charge is 2.29. The number of hydrogen-bond donors (Lipinski definition) is 0. The van der Waals surface area contributed by atoms with Crippen LogP contribution in [0.1, 0.15) is 39.3 Å². The van der Waals surface area contributed by atoms with Crippen LogP contribution in [0.4, 0.5) is 16.3 Å². The normalized spacial score (nSPS) is 15.8. The summed E-state index contributed by atoms with van der Waals surface area (Å²) in [5.74, 6) is 0.707. The van der Waals surface area contributed by atoms with Crippen LogP contribution in [0.15, 0.2) is 12.1 Å². The van der Waals surface area contributed by atoms with Crippen molar-refractivity contribution in [3.05, 3.63) is 27.9 Å². The maximum atomic E-state index is 12.1. The summed E-state index contributed by atoms with van der Waals surface area (Å²) >= 11 is 0. The zero-order valence-electron chi connectivity index (χ0n) is 15.5. The average molecular weight is 350 g/mol. The number of pyridine rings is 1. The standard InChI is InChI=1S/C17H26N4O4/c1-12-14(21(23)24)6-7-15(18-12)19(5)13-8-10-20(11-9-13)16(22)25-17(2,3)4/h6-7,13H,8-11H2,1-5H3. The van der Waals surface area contributed by atoms with Gasteiger partial charge in [-0.2, -0.15) is 0 Å². The minimum atomic E-state index is -0.495. The number of amides is 1. The van der Waals surface area contributed by atoms with E-state index in [4.69, 9.17) is 4.74 Å². The second-order valence-electron chi connectivity index (χ2n) is 7.34. The Bertz CT molecular complexity index is 649. The molecule has 0 N–H and O–H groups in total. The molecule has 1 aromatic rings. The number of hydrogen-bond acceptors (Lipinski definition) is 6. The Labute approximate surface area is 147 Å². The van der Waals surface area contributed by atoms with Gasteiger partial charge < -0.3 is 14.5 Å². The lowest BCUT2D eigenvalue weighted by Crippen LogP contribution is -2.47. The Morgan fingerprint density at radius 2 is 1.96 bits per heavy atom. The number of anilines is 1. The number of nitro groups is 1. The van der Waals surface area contributed by atoms with Crippen LogP contribution in [-0.4, -0.2) is 52.7 Å². The number of carbonyl (C=O) groups excluding carboxylic acids is 1. The Hall–Kier alpha value is -2.38. The number of nitrogens with zero attached hydrogens (tertiary/aromatic N) is 4. The van der Waals surface area contributed by atoms with E-state index in [9.17, 15) is 14.9 Å². The van der Waals surface area contributed by atoms with Crippen molar-refractivity contribution in [2.45, 2.75) is 52.2 Å². The van der Waals surface area contributed by atoms with Gasteiger partial charge in [0.05, 0.1) is 4.92 Å². The van der Waals surface area contributed by atoms with Crippen molar-refractivity contribution in [1.29, 1.82) is 0 Å². The van der Waals surface area contributed by atoms with Crippen LogP contribution >= 0.6 is 0 Å². The second-order valence-corrected chi connectivity index (χ2v) is 7.34. The third-order valence-corrected chi connectivity index (χ3v) is 4.27. The van der Waals surface area contributed by atoms with Crippen LogP contribution in [0, 0.1) is 17.0 Å². The van der Waals surface area contributed by atoms with E-state index in [0.29, 0.717) is 24.6 Å². The number of aryl methyl sites for hydroxylation is 1. The molecule has 0 unspecified atom stereocenters. The fourth-order valence-electron chi connectivity index (χ4n) is 2.88. The summed E-state index contributed by atoms with van der Waals surface area (Å²) in [6.07, 6.45) is 1.32. The highest BCUT2D eigenvalue weighted by Crippen LogP contribution is 2.25. The van der Waals surface area contributed by atoms with Crippen LogP contribution in [0.25, 0.3) is 0 Å². The van der Waals surface area contributed by atoms with Crippen molar-refractivity contribution < 1.29 is 14.5 Å². The summed E-state index contributed by atoms with van der Waals surface area (Å²) in [5, 5.41) is 10.9. The molecule has 138 valence electrons. The molecule has 1 amide bonds. The third-order valence-electron chi connectivity index (χ3n) is 4.27. The summed E-state index contributed by atoms with van der Waals surface area (Å²) < 4.78 is 5.41. The van der Waals surface area contributed by atoms with Crippen molar-refractivity contribution >= 4 is 17.6 Å². The molecule has 1 aliphatic heterocycles. The minimum Gasteiger partial charge on any atom is -0.444 e. The van der Waals surface area contributed by atoms with Crippen molar-refractivity contribution in [3.8, 4) is 0 Å². The lowest BCUT2D eigenvalue weighted by Gasteiger charge is -2.37. The SMILES string of the molecule is Cc1nc(N(C)C2CCN(C(=O)OC(C)(C)C)CC2)ccc1[N+](=O)[O-]. The molecule has 0 saturated carbocycles. The first-order valence-electron chi connectivity index (χ1n) is 8.41. The third kappa shape index (κ3) is 4.80. The number of piperidine rings is 1. The van der Waals surface area contributed by atoms with Gasteiger partial charge in [-0.1, -0.05) is 0 Å². The predicted molar refractivity (Wildman–Crippen MR) is 94.9 cm³/mol. The summed E-state index contributed by atoms with van der Waals surface area (Å²) in [4.78, 5) is 30.7. The van der Waals surface area contributed by atoms with Crippen LogP contribution in [-0.2, 0) is 4.74 Å². The molecule has 0 spiro atoms. The first-order chi connectivity index (χ1) is 11.6. The van der Waals surface area contributed by atoms with E-state index in [-0.39, 0.29) is 17.8 Å². The van der Waals surface area contributed by atoms with E-state index in [1.165, 1.54) is 6.07 Å². The van der Waals surface area contributed by atoms with E-state index >= 15 is 0 Å². The first kappa shape index (κ1) is 19.0. The van der Waals surface area contributed by atoms with Gasteiger partial charge >= 0.3 is 6.09 Å². The van der Waals surface area contributed by atoms with Gasteiger partial charge in [-0.05, 0) is 46.6 Å². The van der Waals surface area contributed by atoms with E-state index in [1.54, 1.807) is 17.9 Å². The topological polar surface area (TPSA) is 88.8 Å². The van der Waals surface area contributed by atoms with Crippen molar-refractivity contribution in [2.24, 2.45) is 0 Å². The van der Waals surface area contributed by atoms with Gasteiger partial charge in [0.25, 0.3) is 5.69 Å². The molecule has 0 atom stereocenters. The van der Waals surface area contributed by atoms with Gasteiger partial charge in [-0.3, -0.25) is 10.1 Å². The molecule has 1 aliphatic rings. The Morgan fingerprint density at radius 3 is 2.44 bits per heavy atom. The second kappa shape index (κ2) is 7.25. The van der Waals surface area contributed by atoms with Crippen molar-refractivity contribution in [2.75, 3.05) is 25.0 Å². The van der Waals surface area contributed by atoms with Crippen LogP contribution in [0.5, 0.6) is 0 Å². The number of ether oxygens (including phenoxy) is 1. The quantitative estimate of drug-likeness (QED) is 0.614. The maximum absolute atomic E-state index is 12.1. The monoisotopic (exact) mass is 350 g/mol. The van der Waals surface area contributed by atoms with Crippen LogP contribution < -0.4 is 4.90 Å². The molecular weight excluding hydrogens is 324 g/mol. The maximum Gasteiger partial charge on any atom is 0.410 e. The highest BCUT2D eigenvalue weighted by molar-refractivity contribution is 5.68. The van der Waals surface area contributed by atoms with Crippen molar-refractivity contribution in [3.63, 3.8) is 0 Å². The molecule has 1 fully saturated rings. The first-order valence-corrected chi connectivity index (χ1v) is 8.41. The van der Waals surface area contributed by atoms with Crippen molar-refractivity contribution in [1.82, 2.24) is 9.88 Å². The predicted octanol–water partition coefficient (Wildman–Crippen LogP) is 3.13. The summed E-state index contributed by atoms with van der Waals surface area (Å²) in [6.45, 7) is 8.45. The molecule has 1 saturated heterocycles. The fourth-order valence-corrected chi connectivity index (χ4v) is 2.88. The Morgan fingerprint density at radius 1 is 1.36 bits per heavy atom.